The van der Waals surface area contributed by atoms with Gasteiger partial charge in [-0.15, -0.1) is 0 Å². The zero-order valence-electron chi connectivity index (χ0n) is 8.68. The van der Waals surface area contributed by atoms with Crippen LogP contribution < -0.4 is 5.32 Å². The van der Waals surface area contributed by atoms with Gasteiger partial charge in [-0.2, -0.15) is 0 Å². The van der Waals surface area contributed by atoms with Gasteiger partial charge in [0.15, 0.2) is 0 Å². The van der Waals surface area contributed by atoms with Gasteiger partial charge in [0.25, 0.3) is 0 Å². The SMILES string of the molecule is CCc1c(C)ccc2c1CCC(=O)N2. The van der Waals surface area contributed by atoms with E-state index in [1.54, 1.807) is 0 Å². The van der Waals surface area contributed by atoms with Gasteiger partial charge < -0.3 is 5.32 Å². The first-order valence-electron chi connectivity index (χ1n) is 5.13. The molecular formula is C12H15NO. The fourth-order valence-corrected chi connectivity index (χ4v) is 2.16. The zero-order valence-corrected chi connectivity index (χ0v) is 8.68. The summed E-state index contributed by atoms with van der Waals surface area (Å²) in [6.45, 7) is 4.30. The van der Waals surface area contributed by atoms with Crippen molar-refractivity contribution < 1.29 is 4.79 Å². The summed E-state index contributed by atoms with van der Waals surface area (Å²) in [6.07, 6.45) is 2.57. The van der Waals surface area contributed by atoms with E-state index in [9.17, 15) is 4.79 Å². The minimum Gasteiger partial charge on any atom is -0.326 e. The Morgan fingerprint density at radius 1 is 1.36 bits per heavy atom. The average Bonchev–Trinajstić information content (AvgIpc) is 2.18. The molecule has 0 radical (unpaired) electrons. The van der Waals surface area contributed by atoms with Crippen LogP contribution in [0.3, 0.4) is 0 Å². The number of carbonyl (C=O) groups is 1. The van der Waals surface area contributed by atoms with Crippen LogP contribution in [0.2, 0.25) is 0 Å². The first-order valence-corrected chi connectivity index (χ1v) is 5.13. The van der Waals surface area contributed by atoms with Gasteiger partial charge in [-0.05, 0) is 42.5 Å². The first-order chi connectivity index (χ1) is 6.72. The summed E-state index contributed by atoms with van der Waals surface area (Å²) in [7, 11) is 0. The number of fused-ring (bicyclic) bond motifs is 1. The van der Waals surface area contributed by atoms with E-state index in [2.05, 4.69) is 25.2 Å². The van der Waals surface area contributed by atoms with Crippen molar-refractivity contribution in [2.75, 3.05) is 5.32 Å². The van der Waals surface area contributed by atoms with Crippen LogP contribution in [0, 0.1) is 6.92 Å². The number of carbonyl (C=O) groups excluding carboxylic acids is 1. The van der Waals surface area contributed by atoms with E-state index in [4.69, 9.17) is 0 Å². The van der Waals surface area contributed by atoms with Crippen molar-refractivity contribution in [2.45, 2.75) is 33.1 Å². The molecule has 1 aliphatic heterocycles. The summed E-state index contributed by atoms with van der Waals surface area (Å²) < 4.78 is 0. The predicted octanol–water partition coefficient (Wildman–Crippen LogP) is 2.44. The van der Waals surface area contributed by atoms with Gasteiger partial charge in [0, 0.05) is 12.1 Å². The number of hydrogen-bond acceptors (Lipinski definition) is 1. The number of hydrogen-bond donors (Lipinski definition) is 1. The molecule has 0 aromatic heterocycles. The van der Waals surface area contributed by atoms with E-state index in [0.29, 0.717) is 6.42 Å². The monoisotopic (exact) mass is 189 g/mol. The number of benzene rings is 1. The Hall–Kier alpha value is -1.31. The van der Waals surface area contributed by atoms with E-state index in [1.165, 1.54) is 16.7 Å². The molecule has 2 rings (SSSR count). The fourth-order valence-electron chi connectivity index (χ4n) is 2.16. The molecule has 2 heteroatoms. The second-order valence-corrected chi connectivity index (χ2v) is 3.79. The lowest BCUT2D eigenvalue weighted by molar-refractivity contribution is -0.116. The van der Waals surface area contributed by atoms with Crippen LogP contribution in [0.4, 0.5) is 5.69 Å². The number of aryl methyl sites for hydroxylation is 1. The molecule has 0 fully saturated rings. The van der Waals surface area contributed by atoms with E-state index in [-0.39, 0.29) is 5.91 Å². The molecule has 0 atom stereocenters. The molecule has 0 unspecified atom stereocenters. The van der Waals surface area contributed by atoms with Gasteiger partial charge in [0.1, 0.15) is 0 Å². The Balaban J connectivity index is 2.52. The minimum absolute atomic E-state index is 0.142. The number of amides is 1. The van der Waals surface area contributed by atoms with E-state index in [0.717, 1.165) is 18.5 Å². The average molecular weight is 189 g/mol. The molecular weight excluding hydrogens is 174 g/mol. The Labute approximate surface area is 84.3 Å². The zero-order chi connectivity index (χ0) is 10.1. The van der Waals surface area contributed by atoms with Crippen LogP contribution in [0.15, 0.2) is 12.1 Å². The normalized spacial score (nSPS) is 14.9. The Bertz CT molecular complexity index is 382. The maximum Gasteiger partial charge on any atom is 0.224 e. The standard InChI is InChI=1S/C12H15NO/c1-3-9-8(2)4-6-11-10(9)5-7-12(14)13-11/h4,6H,3,5,7H2,1-2H3,(H,13,14). The van der Waals surface area contributed by atoms with Gasteiger partial charge in [-0.1, -0.05) is 13.0 Å². The maximum atomic E-state index is 11.2. The smallest absolute Gasteiger partial charge is 0.224 e. The van der Waals surface area contributed by atoms with Crippen LogP contribution in [0.25, 0.3) is 0 Å². The van der Waals surface area contributed by atoms with Crippen LogP contribution >= 0.6 is 0 Å². The predicted molar refractivity (Wildman–Crippen MR) is 57.5 cm³/mol. The quantitative estimate of drug-likeness (QED) is 0.722. The summed E-state index contributed by atoms with van der Waals surface area (Å²) in [5.74, 6) is 0.142. The lowest BCUT2D eigenvalue weighted by atomic mass is 9.92. The Morgan fingerprint density at radius 3 is 2.86 bits per heavy atom. The highest BCUT2D eigenvalue weighted by Crippen LogP contribution is 2.28. The first kappa shape index (κ1) is 9.25. The lowest BCUT2D eigenvalue weighted by Crippen LogP contribution is -2.20. The molecule has 1 N–H and O–H groups in total. The van der Waals surface area contributed by atoms with Gasteiger partial charge in [-0.25, -0.2) is 0 Å². The van der Waals surface area contributed by atoms with E-state index >= 15 is 0 Å². The van der Waals surface area contributed by atoms with Crippen molar-refractivity contribution in [3.05, 3.63) is 28.8 Å². The molecule has 1 heterocycles. The molecule has 2 nitrogen and oxygen atoms in total. The molecule has 1 aliphatic rings. The highest BCUT2D eigenvalue weighted by molar-refractivity contribution is 5.94. The number of rotatable bonds is 1. The van der Waals surface area contributed by atoms with Gasteiger partial charge in [0.2, 0.25) is 5.91 Å². The molecule has 1 aromatic carbocycles. The van der Waals surface area contributed by atoms with Gasteiger partial charge >= 0.3 is 0 Å². The van der Waals surface area contributed by atoms with Crippen LogP contribution in [0.5, 0.6) is 0 Å². The molecule has 0 bridgehead atoms. The molecule has 0 saturated carbocycles. The van der Waals surface area contributed by atoms with Crippen molar-refractivity contribution in [2.24, 2.45) is 0 Å². The molecule has 74 valence electrons. The molecule has 1 aromatic rings. The van der Waals surface area contributed by atoms with Crippen LogP contribution in [0.1, 0.15) is 30.0 Å². The summed E-state index contributed by atoms with van der Waals surface area (Å²) >= 11 is 0. The summed E-state index contributed by atoms with van der Waals surface area (Å²) in [5.41, 5.74) is 5.10. The van der Waals surface area contributed by atoms with Crippen molar-refractivity contribution in [1.82, 2.24) is 0 Å². The van der Waals surface area contributed by atoms with Crippen LogP contribution in [-0.2, 0) is 17.6 Å². The lowest BCUT2D eigenvalue weighted by Gasteiger charge is -2.21. The van der Waals surface area contributed by atoms with Gasteiger partial charge in [-0.3, -0.25) is 4.79 Å². The summed E-state index contributed by atoms with van der Waals surface area (Å²) in [5, 5.41) is 2.92. The second-order valence-electron chi connectivity index (χ2n) is 3.79. The highest BCUT2D eigenvalue weighted by atomic mass is 16.1. The Kier molecular flexibility index (Phi) is 2.28. The molecule has 0 saturated heterocycles. The Morgan fingerprint density at radius 2 is 2.14 bits per heavy atom. The van der Waals surface area contributed by atoms with Crippen molar-refractivity contribution in [1.29, 1.82) is 0 Å². The summed E-state index contributed by atoms with van der Waals surface area (Å²) in [6, 6.07) is 4.10. The van der Waals surface area contributed by atoms with Crippen molar-refractivity contribution in [3.8, 4) is 0 Å². The summed E-state index contributed by atoms with van der Waals surface area (Å²) in [4.78, 5) is 11.2. The minimum atomic E-state index is 0.142. The van der Waals surface area contributed by atoms with Crippen LogP contribution in [-0.4, -0.2) is 5.91 Å². The molecule has 1 amide bonds. The highest BCUT2D eigenvalue weighted by Gasteiger charge is 2.17. The number of anilines is 1. The third kappa shape index (κ3) is 1.41. The third-order valence-electron chi connectivity index (χ3n) is 2.90. The topological polar surface area (TPSA) is 29.1 Å². The fraction of sp³-hybridized carbons (Fsp3) is 0.417. The van der Waals surface area contributed by atoms with E-state index in [1.807, 2.05) is 6.07 Å². The number of nitrogens with one attached hydrogen (secondary N) is 1. The van der Waals surface area contributed by atoms with Gasteiger partial charge in [0.05, 0.1) is 0 Å². The second kappa shape index (κ2) is 3.45. The van der Waals surface area contributed by atoms with Crippen molar-refractivity contribution in [3.63, 3.8) is 0 Å². The third-order valence-corrected chi connectivity index (χ3v) is 2.90. The van der Waals surface area contributed by atoms with E-state index < -0.39 is 0 Å². The molecule has 14 heavy (non-hydrogen) atoms. The van der Waals surface area contributed by atoms with Crippen molar-refractivity contribution >= 4 is 11.6 Å². The molecule has 0 aliphatic carbocycles. The maximum absolute atomic E-state index is 11.2. The molecule has 0 spiro atoms. The largest absolute Gasteiger partial charge is 0.326 e.